The van der Waals surface area contributed by atoms with Gasteiger partial charge in [-0.25, -0.2) is 0 Å². The maximum Gasteiger partial charge on any atom is 0.0643 e. The average molecular weight is 287 g/mol. The van der Waals surface area contributed by atoms with Crippen LogP contribution in [0.5, 0.6) is 0 Å². The molecule has 116 valence electrons. The van der Waals surface area contributed by atoms with Gasteiger partial charge in [0.25, 0.3) is 0 Å². The van der Waals surface area contributed by atoms with Crippen LogP contribution in [0.4, 0.5) is 0 Å². The van der Waals surface area contributed by atoms with Crippen molar-refractivity contribution < 1.29 is 0 Å². The zero-order valence-electron chi connectivity index (χ0n) is 13.5. The maximum absolute atomic E-state index is 6.90. The fourth-order valence-electron chi connectivity index (χ4n) is 5.76. The van der Waals surface area contributed by atoms with Crippen molar-refractivity contribution in [3.8, 4) is 0 Å². The molecule has 1 aromatic heterocycles. The molecule has 3 saturated carbocycles. The predicted molar refractivity (Wildman–Crippen MR) is 84.9 cm³/mol. The van der Waals surface area contributed by atoms with Crippen LogP contribution in [0.3, 0.4) is 0 Å². The highest BCUT2D eigenvalue weighted by atomic mass is 15.3. The minimum Gasteiger partial charge on any atom is -0.324 e. The molecule has 2 N–H and O–H groups in total. The van der Waals surface area contributed by atoms with E-state index in [4.69, 9.17) is 10.8 Å². The lowest BCUT2D eigenvalue weighted by Gasteiger charge is -2.40. The van der Waals surface area contributed by atoms with Crippen LogP contribution in [0.1, 0.15) is 64.1 Å². The van der Waals surface area contributed by atoms with Crippen LogP contribution in [0.25, 0.3) is 0 Å². The minimum atomic E-state index is 0.0325. The number of nitrogens with zero attached hydrogens (tertiary/aromatic N) is 2. The quantitative estimate of drug-likeness (QED) is 0.920. The minimum absolute atomic E-state index is 0.0325. The molecular formula is C18H29N3. The SMILES string of the molecule is CCC(C)n1ccc(CC2(N)CC3CC2C2CCCC32)n1. The summed E-state index contributed by atoms with van der Waals surface area (Å²) in [7, 11) is 0. The van der Waals surface area contributed by atoms with E-state index in [1.165, 1.54) is 37.8 Å². The van der Waals surface area contributed by atoms with Crippen LogP contribution in [0.15, 0.2) is 12.3 Å². The van der Waals surface area contributed by atoms with E-state index < -0.39 is 0 Å². The topological polar surface area (TPSA) is 43.8 Å². The molecule has 1 heterocycles. The Morgan fingerprint density at radius 2 is 2.24 bits per heavy atom. The van der Waals surface area contributed by atoms with E-state index in [0.717, 1.165) is 36.5 Å². The van der Waals surface area contributed by atoms with Gasteiger partial charge in [0.2, 0.25) is 0 Å². The highest BCUT2D eigenvalue weighted by Crippen LogP contribution is 2.62. The van der Waals surface area contributed by atoms with E-state index >= 15 is 0 Å². The lowest BCUT2D eigenvalue weighted by Crippen LogP contribution is -2.51. The first-order valence-electron chi connectivity index (χ1n) is 8.93. The van der Waals surface area contributed by atoms with Crippen molar-refractivity contribution in [3.05, 3.63) is 18.0 Å². The number of nitrogens with two attached hydrogens (primary N) is 1. The van der Waals surface area contributed by atoms with Crippen LogP contribution in [0.2, 0.25) is 0 Å². The second kappa shape index (κ2) is 4.84. The summed E-state index contributed by atoms with van der Waals surface area (Å²) in [5.41, 5.74) is 8.14. The number of hydrogen-bond acceptors (Lipinski definition) is 2. The van der Waals surface area contributed by atoms with Gasteiger partial charge in [0.15, 0.2) is 0 Å². The van der Waals surface area contributed by atoms with Gasteiger partial charge in [-0.2, -0.15) is 5.10 Å². The molecule has 0 saturated heterocycles. The molecule has 3 nitrogen and oxygen atoms in total. The lowest BCUT2D eigenvalue weighted by atomic mass is 9.69. The molecule has 0 radical (unpaired) electrons. The molecule has 3 aliphatic carbocycles. The van der Waals surface area contributed by atoms with Crippen molar-refractivity contribution in [2.45, 2.75) is 70.4 Å². The Hall–Kier alpha value is -0.830. The third kappa shape index (κ3) is 2.08. The molecule has 0 aliphatic heterocycles. The van der Waals surface area contributed by atoms with E-state index in [1.807, 2.05) is 0 Å². The number of hydrogen-bond donors (Lipinski definition) is 1. The summed E-state index contributed by atoms with van der Waals surface area (Å²) < 4.78 is 2.12. The summed E-state index contributed by atoms with van der Waals surface area (Å²) in [4.78, 5) is 0. The standard InChI is InChI=1S/C18H29N3/c1-3-12(2)21-8-7-14(20-21)11-18(19)10-13-9-17(18)16-6-4-5-15(13)16/h7-8,12-13,15-17H,3-6,9-11,19H2,1-2H3. The van der Waals surface area contributed by atoms with Gasteiger partial charge in [0.1, 0.15) is 0 Å². The summed E-state index contributed by atoms with van der Waals surface area (Å²) in [6.07, 6.45) is 11.3. The fraction of sp³-hybridized carbons (Fsp3) is 0.833. The van der Waals surface area contributed by atoms with Crippen molar-refractivity contribution >= 4 is 0 Å². The Balaban J connectivity index is 1.51. The van der Waals surface area contributed by atoms with Gasteiger partial charge in [-0.1, -0.05) is 13.3 Å². The van der Waals surface area contributed by atoms with Crippen LogP contribution in [-0.4, -0.2) is 15.3 Å². The molecular weight excluding hydrogens is 258 g/mol. The van der Waals surface area contributed by atoms with Crippen molar-refractivity contribution in [2.75, 3.05) is 0 Å². The Morgan fingerprint density at radius 3 is 3.05 bits per heavy atom. The zero-order valence-corrected chi connectivity index (χ0v) is 13.5. The Labute approximate surface area is 128 Å². The average Bonchev–Trinajstić information content (AvgIpc) is 3.17. The van der Waals surface area contributed by atoms with Gasteiger partial charge in [0.05, 0.1) is 5.69 Å². The van der Waals surface area contributed by atoms with E-state index in [0.29, 0.717) is 6.04 Å². The fourth-order valence-corrected chi connectivity index (χ4v) is 5.76. The predicted octanol–water partition coefficient (Wildman–Crippen LogP) is 3.55. The Kier molecular flexibility index (Phi) is 3.18. The van der Waals surface area contributed by atoms with Gasteiger partial charge in [-0.05, 0) is 68.8 Å². The third-order valence-corrected chi connectivity index (χ3v) is 6.90. The van der Waals surface area contributed by atoms with Crippen LogP contribution in [0, 0.1) is 23.7 Å². The summed E-state index contributed by atoms with van der Waals surface area (Å²) in [6.45, 7) is 4.45. The van der Waals surface area contributed by atoms with Gasteiger partial charge < -0.3 is 5.73 Å². The molecule has 6 atom stereocenters. The second-order valence-electron chi connectivity index (χ2n) is 8.02. The Morgan fingerprint density at radius 1 is 1.43 bits per heavy atom. The molecule has 3 fully saturated rings. The molecule has 3 aliphatic rings. The van der Waals surface area contributed by atoms with Crippen LogP contribution in [-0.2, 0) is 6.42 Å². The van der Waals surface area contributed by atoms with Crippen molar-refractivity contribution in [1.29, 1.82) is 0 Å². The molecule has 0 aromatic carbocycles. The first-order valence-corrected chi connectivity index (χ1v) is 8.93. The lowest BCUT2D eigenvalue weighted by molar-refractivity contribution is 0.155. The molecule has 1 aromatic rings. The highest BCUT2D eigenvalue weighted by molar-refractivity contribution is 5.17. The molecule has 2 bridgehead atoms. The van der Waals surface area contributed by atoms with Crippen molar-refractivity contribution in [3.63, 3.8) is 0 Å². The second-order valence-corrected chi connectivity index (χ2v) is 8.02. The Bertz CT molecular complexity index is 522. The number of rotatable bonds is 4. The molecule has 4 rings (SSSR count). The normalized spacial score (nSPS) is 42.4. The van der Waals surface area contributed by atoms with E-state index in [9.17, 15) is 0 Å². The van der Waals surface area contributed by atoms with Crippen molar-refractivity contribution in [1.82, 2.24) is 9.78 Å². The summed E-state index contributed by atoms with van der Waals surface area (Å²) in [5.74, 6) is 3.64. The van der Waals surface area contributed by atoms with E-state index in [-0.39, 0.29) is 5.54 Å². The van der Waals surface area contributed by atoms with Gasteiger partial charge >= 0.3 is 0 Å². The summed E-state index contributed by atoms with van der Waals surface area (Å²) in [6, 6.07) is 2.69. The van der Waals surface area contributed by atoms with Gasteiger partial charge in [0, 0.05) is 24.2 Å². The first kappa shape index (κ1) is 13.8. The third-order valence-electron chi connectivity index (χ3n) is 6.90. The van der Waals surface area contributed by atoms with Crippen LogP contribution >= 0.6 is 0 Å². The highest BCUT2D eigenvalue weighted by Gasteiger charge is 2.59. The summed E-state index contributed by atoms with van der Waals surface area (Å²) in [5, 5.41) is 4.80. The number of fused-ring (bicyclic) bond motifs is 5. The van der Waals surface area contributed by atoms with E-state index in [2.05, 4.69) is 30.8 Å². The van der Waals surface area contributed by atoms with Crippen LogP contribution < -0.4 is 5.73 Å². The largest absolute Gasteiger partial charge is 0.324 e. The molecule has 3 heteroatoms. The molecule has 0 amide bonds. The van der Waals surface area contributed by atoms with Gasteiger partial charge in [-0.15, -0.1) is 0 Å². The summed E-state index contributed by atoms with van der Waals surface area (Å²) >= 11 is 0. The number of aromatic nitrogens is 2. The van der Waals surface area contributed by atoms with E-state index in [1.54, 1.807) is 0 Å². The maximum atomic E-state index is 6.90. The van der Waals surface area contributed by atoms with Crippen molar-refractivity contribution in [2.24, 2.45) is 29.4 Å². The van der Waals surface area contributed by atoms with Gasteiger partial charge in [-0.3, -0.25) is 4.68 Å². The molecule has 0 spiro atoms. The molecule has 6 unspecified atom stereocenters. The smallest absolute Gasteiger partial charge is 0.0643 e. The zero-order chi connectivity index (χ0) is 14.6. The molecule has 21 heavy (non-hydrogen) atoms. The monoisotopic (exact) mass is 287 g/mol. The first-order chi connectivity index (χ1) is 10.1.